The van der Waals surface area contributed by atoms with Crippen LogP contribution in [0, 0.1) is 6.92 Å². The van der Waals surface area contributed by atoms with Crippen molar-refractivity contribution < 1.29 is 4.74 Å². The van der Waals surface area contributed by atoms with Gasteiger partial charge in [-0.1, -0.05) is 18.2 Å². The third kappa shape index (κ3) is 1.95. The second-order valence-electron chi connectivity index (χ2n) is 4.60. The number of halogens is 1. The molecule has 0 amide bonds. The van der Waals surface area contributed by atoms with E-state index in [0.717, 1.165) is 34.0 Å². The highest BCUT2D eigenvalue weighted by molar-refractivity contribution is 6.17. The van der Waals surface area contributed by atoms with E-state index < -0.39 is 0 Å². The zero-order chi connectivity index (χ0) is 14.1. The molecule has 4 heteroatoms. The summed E-state index contributed by atoms with van der Waals surface area (Å²) in [6.45, 7) is 2.05. The normalized spacial score (nSPS) is 10.9. The third-order valence-corrected chi connectivity index (χ3v) is 3.68. The van der Waals surface area contributed by atoms with E-state index in [1.165, 1.54) is 0 Å². The Kier molecular flexibility index (Phi) is 3.36. The second kappa shape index (κ2) is 5.17. The molecule has 0 aliphatic carbocycles. The lowest BCUT2D eigenvalue weighted by Gasteiger charge is -2.08. The first-order valence-corrected chi connectivity index (χ1v) is 6.96. The molecule has 20 heavy (non-hydrogen) atoms. The number of ether oxygens (including phenoxy) is 1. The van der Waals surface area contributed by atoms with Crippen LogP contribution in [0.2, 0.25) is 0 Å². The van der Waals surface area contributed by atoms with Gasteiger partial charge in [-0.15, -0.1) is 11.6 Å². The molecule has 0 saturated carbocycles. The molecule has 0 N–H and O–H groups in total. The summed E-state index contributed by atoms with van der Waals surface area (Å²) in [5.41, 5.74) is 4.86. The lowest BCUT2D eigenvalue weighted by molar-refractivity contribution is 0.416. The number of imidazole rings is 1. The number of rotatable bonds is 3. The maximum Gasteiger partial charge on any atom is 0.137 e. The lowest BCUT2D eigenvalue weighted by Crippen LogP contribution is -1.96. The smallest absolute Gasteiger partial charge is 0.137 e. The molecule has 0 fully saturated rings. The summed E-state index contributed by atoms with van der Waals surface area (Å²) in [5, 5.41) is 0. The van der Waals surface area contributed by atoms with E-state index in [2.05, 4.69) is 17.4 Å². The van der Waals surface area contributed by atoms with Gasteiger partial charge in [0.05, 0.1) is 24.4 Å². The summed E-state index contributed by atoms with van der Waals surface area (Å²) in [6.07, 6.45) is 0. The quantitative estimate of drug-likeness (QED) is 0.679. The van der Waals surface area contributed by atoms with Crippen LogP contribution in [0.4, 0.5) is 0 Å². The Morgan fingerprint density at radius 1 is 1.15 bits per heavy atom. The molecule has 2 aromatic heterocycles. The van der Waals surface area contributed by atoms with Crippen LogP contribution >= 0.6 is 11.6 Å². The molecule has 3 nitrogen and oxygen atoms in total. The molecule has 0 atom stereocenters. The second-order valence-corrected chi connectivity index (χ2v) is 4.87. The number of methoxy groups -OCH3 is 1. The van der Waals surface area contributed by atoms with Gasteiger partial charge >= 0.3 is 0 Å². The largest absolute Gasteiger partial charge is 0.496 e. The Balaban J connectivity index is 2.34. The number of alkyl halides is 1. The lowest BCUT2D eigenvalue weighted by atomic mass is 10.1. The molecule has 102 valence electrons. The van der Waals surface area contributed by atoms with Crippen molar-refractivity contribution in [2.45, 2.75) is 12.8 Å². The van der Waals surface area contributed by atoms with E-state index in [-0.39, 0.29) is 0 Å². The minimum absolute atomic E-state index is 0.402. The molecule has 0 unspecified atom stereocenters. The van der Waals surface area contributed by atoms with Crippen LogP contribution in [0.3, 0.4) is 0 Å². The van der Waals surface area contributed by atoms with Crippen molar-refractivity contribution in [1.29, 1.82) is 0 Å². The minimum atomic E-state index is 0.402. The fourth-order valence-corrected chi connectivity index (χ4v) is 2.75. The van der Waals surface area contributed by atoms with E-state index in [1.54, 1.807) is 7.11 Å². The van der Waals surface area contributed by atoms with Gasteiger partial charge in [0.2, 0.25) is 0 Å². The first-order chi connectivity index (χ1) is 9.76. The number of aromatic nitrogens is 2. The van der Waals surface area contributed by atoms with Crippen LogP contribution in [0.1, 0.15) is 11.4 Å². The number of nitrogens with zero attached hydrogens (tertiary/aromatic N) is 2. The van der Waals surface area contributed by atoms with Gasteiger partial charge in [0, 0.05) is 11.3 Å². The van der Waals surface area contributed by atoms with Gasteiger partial charge in [0.1, 0.15) is 11.4 Å². The summed E-state index contributed by atoms with van der Waals surface area (Å²) in [7, 11) is 1.67. The Morgan fingerprint density at radius 2 is 1.95 bits per heavy atom. The summed E-state index contributed by atoms with van der Waals surface area (Å²) < 4.78 is 7.53. The number of hydrogen-bond acceptors (Lipinski definition) is 2. The van der Waals surface area contributed by atoms with E-state index in [1.807, 2.05) is 36.4 Å². The van der Waals surface area contributed by atoms with Gasteiger partial charge in [-0.25, -0.2) is 4.98 Å². The highest BCUT2D eigenvalue weighted by Gasteiger charge is 2.17. The Bertz CT molecular complexity index is 764. The third-order valence-electron chi connectivity index (χ3n) is 3.42. The average Bonchev–Trinajstić information content (AvgIpc) is 2.87. The van der Waals surface area contributed by atoms with Crippen LogP contribution in [0.25, 0.3) is 16.9 Å². The zero-order valence-corrected chi connectivity index (χ0v) is 12.2. The predicted octanol–water partition coefficient (Wildman–Crippen LogP) is 4.06. The number of para-hydroxylation sites is 1. The van der Waals surface area contributed by atoms with Crippen LogP contribution in [0.5, 0.6) is 5.75 Å². The molecule has 2 heterocycles. The summed E-state index contributed by atoms with van der Waals surface area (Å²) >= 11 is 6.17. The molecular weight excluding hydrogens is 272 g/mol. The van der Waals surface area contributed by atoms with Crippen LogP contribution in [-0.2, 0) is 5.88 Å². The molecule has 3 aromatic rings. The molecule has 3 rings (SSSR count). The predicted molar refractivity (Wildman–Crippen MR) is 81.5 cm³/mol. The van der Waals surface area contributed by atoms with Crippen LogP contribution in [0.15, 0.2) is 42.5 Å². The zero-order valence-electron chi connectivity index (χ0n) is 11.4. The van der Waals surface area contributed by atoms with Crippen molar-refractivity contribution in [3.05, 3.63) is 53.9 Å². The van der Waals surface area contributed by atoms with Crippen molar-refractivity contribution in [3.8, 4) is 17.0 Å². The van der Waals surface area contributed by atoms with E-state index in [0.29, 0.717) is 5.88 Å². The Labute approximate surface area is 122 Å². The Morgan fingerprint density at radius 3 is 2.70 bits per heavy atom. The van der Waals surface area contributed by atoms with Crippen molar-refractivity contribution in [2.75, 3.05) is 7.11 Å². The number of hydrogen-bond donors (Lipinski definition) is 0. The van der Waals surface area contributed by atoms with Gasteiger partial charge in [-0.3, -0.25) is 4.40 Å². The molecule has 0 spiro atoms. The van der Waals surface area contributed by atoms with E-state index in [9.17, 15) is 0 Å². The fraction of sp³-hybridized carbons (Fsp3) is 0.188. The minimum Gasteiger partial charge on any atom is -0.496 e. The fourth-order valence-electron chi connectivity index (χ4n) is 2.51. The monoisotopic (exact) mass is 286 g/mol. The maximum absolute atomic E-state index is 6.17. The van der Waals surface area contributed by atoms with Gasteiger partial charge in [-0.2, -0.15) is 0 Å². The molecule has 0 bridgehead atoms. The van der Waals surface area contributed by atoms with Gasteiger partial charge in [-0.05, 0) is 31.2 Å². The SMILES string of the molecule is COc1ccccc1-c1nc2cccc(C)n2c1CCl. The van der Waals surface area contributed by atoms with Gasteiger partial charge in [0.15, 0.2) is 0 Å². The molecule has 0 aliphatic rings. The van der Waals surface area contributed by atoms with Crippen molar-refractivity contribution in [1.82, 2.24) is 9.38 Å². The van der Waals surface area contributed by atoms with E-state index in [4.69, 9.17) is 21.3 Å². The number of benzene rings is 1. The summed E-state index contributed by atoms with van der Waals surface area (Å²) in [6, 6.07) is 13.9. The van der Waals surface area contributed by atoms with Crippen LogP contribution < -0.4 is 4.74 Å². The molecule has 0 radical (unpaired) electrons. The number of aryl methyl sites for hydroxylation is 1. The topological polar surface area (TPSA) is 26.5 Å². The average molecular weight is 287 g/mol. The van der Waals surface area contributed by atoms with Crippen LogP contribution in [-0.4, -0.2) is 16.5 Å². The summed E-state index contributed by atoms with van der Waals surface area (Å²) in [5.74, 6) is 1.21. The van der Waals surface area contributed by atoms with Crippen molar-refractivity contribution in [2.24, 2.45) is 0 Å². The van der Waals surface area contributed by atoms with E-state index >= 15 is 0 Å². The summed E-state index contributed by atoms with van der Waals surface area (Å²) in [4.78, 5) is 4.72. The van der Waals surface area contributed by atoms with Gasteiger partial charge in [0.25, 0.3) is 0 Å². The van der Waals surface area contributed by atoms with Crippen molar-refractivity contribution in [3.63, 3.8) is 0 Å². The molecule has 0 aliphatic heterocycles. The highest BCUT2D eigenvalue weighted by Crippen LogP contribution is 2.33. The molecule has 0 saturated heterocycles. The molecular formula is C16H15ClN2O. The number of pyridine rings is 1. The standard InChI is InChI=1S/C16H15ClN2O/c1-11-6-5-9-15-18-16(13(10-17)19(11)15)12-7-3-4-8-14(12)20-2/h3-9H,10H2,1-2H3. The maximum atomic E-state index is 6.17. The van der Waals surface area contributed by atoms with Crippen molar-refractivity contribution >= 4 is 17.2 Å². The highest BCUT2D eigenvalue weighted by atomic mass is 35.5. The van der Waals surface area contributed by atoms with Gasteiger partial charge < -0.3 is 4.74 Å². The first-order valence-electron chi connectivity index (χ1n) is 6.42. The first kappa shape index (κ1) is 13.0. The molecule has 1 aromatic carbocycles. The Hall–Kier alpha value is -2.00. The number of fused-ring (bicyclic) bond motifs is 1.